The molecular formula is C45H31NO2S. The van der Waals surface area contributed by atoms with Crippen LogP contribution in [0.25, 0.3) is 53.2 Å². The summed E-state index contributed by atoms with van der Waals surface area (Å²) in [5.74, 6) is 1.91. The molecule has 3 heterocycles. The van der Waals surface area contributed by atoms with Crippen molar-refractivity contribution in [2.45, 2.75) is 19.3 Å². The minimum absolute atomic E-state index is 0.194. The van der Waals surface area contributed by atoms with E-state index in [2.05, 4.69) is 158 Å². The van der Waals surface area contributed by atoms with Crippen LogP contribution in [0.1, 0.15) is 25.0 Å². The van der Waals surface area contributed by atoms with Crippen LogP contribution >= 0.6 is 11.3 Å². The highest BCUT2D eigenvalue weighted by atomic mass is 32.1. The van der Waals surface area contributed by atoms with Crippen LogP contribution in [0, 0.1) is 0 Å². The molecule has 2 aromatic heterocycles. The number of para-hydroxylation sites is 2. The highest BCUT2D eigenvalue weighted by Gasteiger charge is 2.36. The molecule has 0 N–H and O–H groups in total. The van der Waals surface area contributed by atoms with Crippen LogP contribution in [-0.2, 0) is 5.41 Å². The normalized spacial score (nSPS) is 13.4. The Balaban J connectivity index is 1.05. The molecule has 3 nitrogen and oxygen atoms in total. The molecule has 1 aliphatic rings. The summed E-state index contributed by atoms with van der Waals surface area (Å²) < 4.78 is 15.6. The van der Waals surface area contributed by atoms with Crippen LogP contribution in [0.5, 0.6) is 11.5 Å². The Kier molecular flexibility index (Phi) is 6.09. The number of anilines is 3. The third-order valence-electron chi connectivity index (χ3n) is 10.1. The summed E-state index contributed by atoms with van der Waals surface area (Å²) in [5, 5.41) is 4.70. The van der Waals surface area contributed by atoms with Crippen molar-refractivity contribution in [2.24, 2.45) is 0 Å². The highest BCUT2D eigenvalue weighted by molar-refractivity contribution is 7.25. The second-order valence-corrected chi connectivity index (χ2v) is 14.4. The van der Waals surface area contributed by atoms with Crippen LogP contribution in [0.4, 0.5) is 17.1 Å². The summed E-state index contributed by atoms with van der Waals surface area (Å²) in [5.41, 5.74) is 9.56. The SMILES string of the molecule is CC1(C)c2ccc(-c3ccc(N(c4ccccc4)c4ccc5oc6ccccc6c5c4)cc3)cc2Oc2c1ccc1sc3ccccc3c21. The Hall–Kier alpha value is -5.84. The van der Waals surface area contributed by atoms with E-state index in [0.29, 0.717) is 0 Å². The van der Waals surface area contributed by atoms with Crippen molar-refractivity contribution in [3.05, 3.63) is 163 Å². The van der Waals surface area contributed by atoms with Gasteiger partial charge in [0.05, 0.1) is 0 Å². The van der Waals surface area contributed by atoms with Gasteiger partial charge in [-0.2, -0.15) is 0 Å². The van der Waals surface area contributed by atoms with Crippen molar-refractivity contribution in [1.82, 2.24) is 0 Å². The summed E-state index contributed by atoms with van der Waals surface area (Å²) in [6.45, 7) is 4.62. The van der Waals surface area contributed by atoms with Crippen molar-refractivity contribution in [3.63, 3.8) is 0 Å². The van der Waals surface area contributed by atoms with Crippen LogP contribution < -0.4 is 9.64 Å². The molecule has 1 aliphatic heterocycles. The zero-order chi connectivity index (χ0) is 32.7. The number of hydrogen-bond donors (Lipinski definition) is 0. The lowest BCUT2D eigenvalue weighted by atomic mass is 9.75. The molecule has 0 saturated heterocycles. The zero-order valence-electron chi connectivity index (χ0n) is 27.1. The van der Waals surface area contributed by atoms with Gasteiger partial charge in [0, 0.05) is 64.5 Å². The largest absolute Gasteiger partial charge is 0.456 e. The van der Waals surface area contributed by atoms with Gasteiger partial charge in [0.1, 0.15) is 22.7 Å². The quantitative estimate of drug-likeness (QED) is 0.190. The van der Waals surface area contributed by atoms with Gasteiger partial charge < -0.3 is 14.1 Å². The molecule has 0 radical (unpaired) electrons. The second-order valence-electron chi connectivity index (χ2n) is 13.3. The van der Waals surface area contributed by atoms with E-state index in [1.165, 1.54) is 31.3 Å². The number of rotatable bonds is 4. The van der Waals surface area contributed by atoms with E-state index in [9.17, 15) is 0 Å². The Morgan fingerprint density at radius 3 is 2.04 bits per heavy atom. The minimum atomic E-state index is -0.194. The van der Waals surface area contributed by atoms with Crippen molar-refractivity contribution in [1.29, 1.82) is 0 Å². The Morgan fingerprint density at radius 2 is 1.18 bits per heavy atom. The first-order valence-corrected chi connectivity index (χ1v) is 17.5. The van der Waals surface area contributed by atoms with E-state index in [1.807, 2.05) is 23.5 Å². The van der Waals surface area contributed by atoms with Crippen LogP contribution in [0.2, 0.25) is 0 Å². The van der Waals surface area contributed by atoms with Crippen LogP contribution in [-0.4, -0.2) is 0 Å². The van der Waals surface area contributed by atoms with E-state index in [1.54, 1.807) is 0 Å². The van der Waals surface area contributed by atoms with Crippen molar-refractivity contribution < 1.29 is 9.15 Å². The summed E-state index contributed by atoms with van der Waals surface area (Å²) in [4.78, 5) is 2.30. The number of benzene rings is 7. The third kappa shape index (κ3) is 4.34. The standard InChI is InChI=1S/C45H31NO2S/c1-45(2)36-22-18-29(26-40(36)48-44-37(45)23-25-42-43(44)34-13-7-9-15-41(34)49-42)28-16-19-31(20-17-28)46(30-10-4-3-5-11-30)32-21-24-39-35(27-32)33-12-6-8-14-38(33)47-39/h3-27H,1-2H3. The Bertz CT molecular complexity index is 2720. The molecule has 0 fully saturated rings. The number of furan rings is 1. The molecule has 0 unspecified atom stereocenters. The molecule has 49 heavy (non-hydrogen) atoms. The fraction of sp³-hybridized carbons (Fsp3) is 0.0667. The maximum atomic E-state index is 6.88. The lowest BCUT2D eigenvalue weighted by molar-refractivity contribution is 0.423. The van der Waals surface area contributed by atoms with Gasteiger partial charge in [-0.05, 0) is 77.9 Å². The molecule has 10 rings (SSSR count). The first-order chi connectivity index (χ1) is 24.0. The molecule has 0 atom stereocenters. The predicted octanol–water partition coefficient (Wildman–Crippen LogP) is 13.5. The van der Waals surface area contributed by atoms with Crippen LogP contribution in [0.15, 0.2) is 156 Å². The van der Waals surface area contributed by atoms with Gasteiger partial charge in [-0.15, -0.1) is 11.3 Å². The number of fused-ring (bicyclic) bond motifs is 9. The fourth-order valence-corrected chi connectivity index (χ4v) is 8.73. The number of hydrogen-bond acceptors (Lipinski definition) is 4. The fourth-order valence-electron chi connectivity index (χ4n) is 7.62. The molecule has 9 aromatic rings. The molecule has 7 aromatic carbocycles. The van der Waals surface area contributed by atoms with E-state index >= 15 is 0 Å². The lowest BCUT2D eigenvalue weighted by Gasteiger charge is -2.35. The van der Waals surface area contributed by atoms with Crippen molar-refractivity contribution in [2.75, 3.05) is 4.90 Å². The molecule has 234 valence electrons. The summed E-state index contributed by atoms with van der Waals surface area (Å²) >= 11 is 1.83. The summed E-state index contributed by atoms with van der Waals surface area (Å²) in [7, 11) is 0. The number of thiophene rings is 1. The number of nitrogens with zero attached hydrogens (tertiary/aromatic N) is 1. The van der Waals surface area contributed by atoms with Gasteiger partial charge in [-0.1, -0.05) is 98.8 Å². The monoisotopic (exact) mass is 649 g/mol. The molecule has 0 spiro atoms. The van der Waals surface area contributed by atoms with E-state index < -0.39 is 0 Å². The van der Waals surface area contributed by atoms with Gasteiger partial charge in [0.2, 0.25) is 0 Å². The Morgan fingerprint density at radius 1 is 0.510 bits per heavy atom. The van der Waals surface area contributed by atoms with Gasteiger partial charge in [-0.25, -0.2) is 0 Å². The van der Waals surface area contributed by atoms with E-state index in [-0.39, 0.29) is 5.41 Å². The summed E-state index contributed by atoms with van der Waals surface area (Å²) in [6.07, 6.45) is 0. The Labute approximate surface area is 288 Å². The third-order valence-corrected chi connectivity index (χ3v) is 11.3. The average Bonchev–Trinajstić information content (AvgIpc) is 3.71. The van der Waals surface area contributed by atoms with Gasteiger partial charge >= 0.3 is 0 Å². The highest BCUT2D eigenvalue weighted by Crippen LogP contribution is 2.53. The zero-order valence-corrected chi connectivity index (χ0v) is 27.9. The molecule has 0 amide bonds. The molecule has 4 heteroatoms. The molecule has 0 saturated carbocycles. The maximum Gasteiger partial charge on any atom is 0.140 e. The first kappa shape index (κ1) is 28.2. The lowest BCUT2D eigenvalue weighted by Crippen LogP contribution is -2.24. The smallest absolute Gasteiger partial charge is 0.140 e. The maximum absolute atomic E-state index is 6.88. The van der Waals surface area contributed by atoms with E-state index in [0.717, 1.165) is 61.6 Å². The van der Waals surface area contributed by atoms with Gasteiger partial charge in [0.25, 0.3) is 0 Å². The number of ether oxygens (including phenoxy) is 1. The predicted molar refractivity (Wildman–Crippen MR) is 205 cm³/mol. The van der Waals surface area contributed by atoms with Crippen molar-refractivity contribution >= 4 is 70.5 Å². The van der Waals surface area contributed by atoms with Gasteiger partial charge in [0.15, 0.2) is 0 Å². The molecule has 0 bridgehead atoms. The molecular weight excluding hydrogens is 619 g/mol. The summed E-state index contributed by atoms with van der Waals surface area (Å²) in [6, 6.07) is 53.9. The second kappa shape index (κ2) is 10.6. The first-order valence-electron chi connectivity index (χ1n) is 16.7. The average molecular weight is 650 g/mol. The van der Waals surface area contributed by atoms with E-state index in [4.69, 9.17) is 9.15 Å². The van der Waals surface area contributed by atoms with Crippen LogP contribution in [0.3, 0.4) is 0 Å². The molecule has 0 aliphatic carbocycles. The topological polar surface area (TPSA) is 25.6 Å². The van der Waals surface area contributed by atoms with Gasteiger partial charge in [-0.3, -0.25) is 0 Å². The minimum Gasteiger partial charge on any atom is -0.456 e. The van der Waals surface area contributed by atoms with Crippen molar-refractivity contribution in [3.8, 4) is 22.6 Å².